The fourth-order valence-corrected chi connectivity index (χ4v) is 8.66. The van der Waals surface area contributed by atoms with Crippen LogP contribution in [-0.4, -0.2) is 0 Å². The van der Waals surface area contributed by atoms with Crippen LogP contribution in [0.1, 0.15) is 77.6 Å². The van der Waals surface area contributed by atoms with E-state index in [2.05, 4.69) is 124 Å². The van der Waals surface area contributed by atoms with Crippen LogP contribution in [-0.2, 0) is 21.7 Å². The van der Waals surface area contributed by atoms with E-state index in [1.54, 1.807) is 0 Å². The second-order valence-corrected chi connectivity index (χ2v) is 14.6. The number of benzene rings is 5. The van der Waals surface area contributed by atoms with Crippen LogP contribution < -0.4 is 0 Å². The Morgan fingerprint density at radius 3 is 1.09 bits per heavy atom. The first-order valence-electron chi connectivity index (χ1n) is 12.4. The van der Waals surface area contributed by atoms with Crippen LogP contribution in [0.3, 0.4) is 0 Å². The van der Waals surface area contributed by atoms with Gasteiger partial charge in [0.15, 0.2) is 0 Å². The van der Waals surface area contributed by atoms with Gasteiger partial charge in [-0.25, -0.2) is 0 Å². The number of hydrogen-bond acceptors (Lipinski definition) is 0. The van der Waals surface area contributed by atoms with Gasteiger partial charge in [0.1, 0.15) is 0 Å². The molecule has 0 saturated carbocycles. The largest absolute Gasteiger partial charge is 0.0572 e. The van der Waals surface area contributed by atoms with Crippen LogP contribution in [0.5, 0.6) is 0 Å². The molecule has 34 heavy (non-hydrogen) atoms. The van der Waals surface area contributed by atoms with Crippen LogP contribution in [0.2, 0.25) is 0 Å². The molecule has 0 heterocycles. The molecule has 0 radical (unpaired) electrons. The van der Waals surface area contributed by atoms with E-state index in [0.29, 0.717) is 0 Å². The summed E-state index contributed by atoms with van der Waals surface area (Å²) >= 11 is 8.14. The minimum atomic E-state index is 0.0620. The summed E-state index contributed by atoms with van der Waals surface area (Å²) in [5, 5.41) is 11.3. The van der Waals surface area contributed by atoms with Gasteiger partial charge >= 0.3 is 0 Å². The summed E-state index contributed by atoms with van der Waals surface area (Å²) in [6, 6.07) is 14.5. The molecule has 0 spiro atoms. The zero-order valence-electron chi connectivity index (χ0n) is 21.2. The smallest absolute Gasteiger partial charge is 0.0263 e. The first-order chi connectivity index (χ1) is 15.7. The monoisotopic (exact) mass is 572 g/mol. The summed E-state index contributed by atoms with van der Waals surface area (Å²) in [6.07, 6.45) is 0. The van der Waals surface area contributed by atoms with Gasteiger partial charge in [0.2, 0.25) is 0 Å². The summed E-state index contributed by atoms with van der Waals surface area (Å²) in [5.41, 5.74) is 6.17. The van der Waals surface area contributed by atoms with Gasteiger partial charge < -0.3 is 0 Å². The third-order valence-electron chi connectivity index (χ3n) is 10.8. The molecule has 5 aromatic carbocycles. The molecule has 0 saturated heterocycles. The van der Waals surface area contributed by atoms with Crippen LogP contribution in [0.25, 0.3) is 43.1 Å². The normalized spacial score (nSPS) is 21.0. The number of hydrogen-bond donors (Lipinski definition) is 0. The predicted octanol–water partition coefficient (Wildman–Crippen LogP) is 10.4. The molecular formula is C32H30Br2. The lowest BCUT2D eigenvalue weighted by molar-refractivity contribution is 0.322. The molecule has 7 rings (SSSR count). The Morgan fingerprint density at radius 1 is 0.412 bits per heavy atom. The average Bonchev–Trinajstić information content (AvgIpc) is 3.01. The third kappa shape index (κ3) is 2.00. The molecule has 0 bridgehead atoms. The van der Waals surface area contributed by atoms with Gasteiger partial charge in [-0.05, 0) is 88.4 Å². The summed E-state index contributed by atoms with van der Waals surface area (Å²) < 4.78 is 2.44. The van der Waals surface area contributed by atoms with Crippen molar-refractivity contribution < 1.29 is 0 Å². The molecule has 0 fully saturated rings. The van der Waals surface area contributed by atoms with Gasteiger partial charge in [-0.2, -0.15) is 0 Å². The van der Waals surface area contributed by atoms with Gasteiger partial charge in [-0.1, -0.05) is 112 Å². The molecule has 0 amide bonds. The Hall–Kier alpha value is -1.64. The molecule has 0 aliphatic heterocycles. The van der Waals surface area contributed by atoms with Crippen molar-refractivity contribution in [3.63, 3.8) is 0 Å². The number of halogens is 2. The molecule has 0 atom stereocenters. The van der Waals surface area contributed by atoms with Crippen LogP contribution in [0, 0.1) is 0 Å². The van der Waals surface area contributed by atoms with E-state index >= 15 is 0 Å². The third-order valence-corrected chi connectivity index (χ3v) is 12.1. The van der Waals surface area contributed by atoms with Crippen molar-refractivity contribution >= 4 is 74.9 Å². The Kier molecular flexibility index (Phi) is 3.71. The quantitative estimate of drug-likeness (QED) is 0.128. The summed E-state index contributed by atoms with van der Waals surface area (Å²) in [5.74, 6) is 0. The van der Waals surface area contributed by atoms with Crippen molar-refractivity contribution in [2.75, 3.05) is 0 Å². The van der Waals surface area contributed by atoms with Gasteiger partial charge in [0.25, 0.3) is 0 Å². The topological polar surface area (TPSA) is 0 Å². The second kappa shape index (κ2) is 5.84. The van der Waals surface area contributed by atoms with Gasteiger partial charge in [-0.3, -0.25) is 0 Å². The highest BCUT2D eigenvalue weighted by atomic mass is 79.9. The minimum Gasteiger partial charge on any atom is -0.0572 e. The van der Waals surface area contributed by atoms with Crippen LogP contribution in [0.15, 0.2) is 45.3 Å². The highest BCUT2D eigenvalue weighted by Crippen LogP contribution is 2.61. The molecule has 0 nitrogen and oxygen atoms in total. The van der Waals surface area contributed by atoms with Crippen molar-refractivity contribution in [2.45, 2.75) is 77.0 Å². The van der Waals surface area contributed by atoms with Crippen molar-refractivity contribution in [1.82, 2.24) is 0 Å². The van der Waals surface area contributed by atoms with E-state index in [1.807, 2.05) is 0 Å². The van der Waals surface area contributed by atoms with Crippen LogP contribution >= 0.6 is 31.9 Å². The highest BCUT2D eigenvalue weighted by Gasteiger charge is 2.49. The van der Waals surface area contributed by atoms with E-state index < -0.39 is 0 Å². The molecule has 0 unspecified atom stereocenters. The maximum absolute atomic E-state index is 4.07. The van der Waals surface area contributed by atoms with E-state index in [1.165, 1.54) is 74.3 Å². The van der Waals surface area contributed by atoms with Crippen molar-refractivity contribution in [3.8, 4) is 0 Å². The van der Waals surface area contributed by atoms with E-state index in [0.717, 1.165) is 0 Å². The first-order valence-corrected chi connectivity index (χ1v) is 13.9. The Labute approximate surface area is 218 Å². The van der Waals surface area contributed by atoms with Gasteiger partial charge in [0.05, 0.1) is 0 Å². The number of fused-ring (bicyclic) bond motifs is 2. The van der Waals surface area contributed by atoms with E-state index in [9.17, 15) is 0 Å². The highest BCUT2D eigenvalue weighted by molar-refractivity contribution is 9.11. The maximum atomic E-state index is 4.07. The first kappa shape index (κ1) is 21.6. The SMILES string of the molecule is CC1(C)c2ccc3c4c(Br)cc5c6c(ccc(c7c(Br)cc(c2c37)C1(C)C)c64)C(C)(C)C5(C)C. The summed E-state index contributed by atoms with van der Waals surface area (Å²) in [4.78, 5) is 0. The molecular weight excluding hydrogens is 544 g/mol. The van der Waals surface area contributed by atoms with E-state index in [-0.39, 0.29) is 21.7 Å². The molecule has 0 N–H and O–H groups in total. The predicted molar refractivity (Wildman–Crippen MR) is 155 cm³/mol. The molecule has 2 aliphatic rings. The fraction of sp³-hybridized carbons (Fsp3) is 0.375. The lowest BCUT2D eigenvalue weighted by Crippen LogP contribution is -2.35. The molecule has 172 valence electrons. The second-order valence-electron chi connectivity index (χ2n) is 12.9. The average molecular weight is 574 g/mol. The Morgan fingerprint density at radius 2 is 0.735 bits per heavy atom. The fourth-order valence-electron chi connectivity index (χ4n) is 7.38. The van der Waals surface area contributed by atoms with Crippen molar-refractivity contribution in [2.24, 2.45) is 0 Å². The number of rotatable bonds is 0. The Balaban J connectivity index is 1.84. The van der Waals surface area contributed by atoms with Crippen LogP contribution in [0.4, 0.5) is 0 Å². The van der Waals surface area contributed by atoms with Gasteiger partial charge in [0, 0.05) is 19.7 Å². The Bertz CT molecular complexity index is 1630. The summed E-state index contributed by atoms with van der Waals surface area (Å²) in [7, 11) is 0. The van der Waals surface area contributed by atoms with E-state index in [4.69, 9.17) is 0 Å². The molecule has 5 aromatic rings. The standard InChI is InChI=1S/C32H30Br2/c1-29(2)17-11-9-15-24-22(34)14-20-28-18(30(3,4)32(20,7)8)12-10-16(26(24)28)23-21(33)13-19(31(29,5)6)27(17)25(15)23/h9-14H,1-8H3. The zero-order chi connectivity index (χ0) is 24.3. The molecule has 2 heteroatoms. The minimum absolute atomic E-state index is 0.0620. The zero-order valence-corrected chi connectivity index (χ0v) is 24.4. The lowest BCUT2D eigenvalue weighted by atomic mass is 9.66. The van der Waals surface area contributed by atoms with Crippen molar-refractivity contribution in [1.29, 1.82) is 0 Å². The molecule has 2 aliphatic carbocycles. The lowest BCUT2D eigenvalue weighted by Gasteiger charge is -2.37. The van der Waals surface area contributed by atoms with Gasteiger partial charge in [-0.15, -0.1) is 0 Å². The van der Waals surface area contributed by atoms with Crippen molar-refractivity contribution in [3.05, 3.63) is 67.6 Å². The summed E-state index contributed by atoms with van der Waals surface area (Å²) in [6.45, 7) is 19.3. The maximum Gasteiger partial charge on any atom is 0.0263 e. The molecule has 0 aromatic heterocycles.